The predicted octanol–water partition coefficient (Wildman–Crippen LogP) is 2.59. The minimum absolute atomic E-state index is 0.0461. The summed E-state index contributed by atoms with van der Waals surface area (Å²) in [5, 5.41) is 12.4. The summed E-state index contributed by atoms with van der Waals surface area (Å²) in [6.07, 6.45) is 0. The molecule has 1 amide bonds. The molecule has 0 saturated carbocycles. The van der Waals surface area contributed by atoms with Crippen LogP contribution in [0.4, 0.5) is 0 Å². The fourth-order valence-electron chi connectivity index (χ4n) is 2.10. The first-order chi connectivity index (χ1) is 9.79. The minimum Gasteiger partial charge on any atom is -0.476 e. The summed E-state index contributed by atoms with van der Waals surface area (Å²) in [7, 11) is 0. The van der Waals surface area contributed by atoms with E-state index in [-0.39, 0.29) is 17.6 Å². The number of H-pyrrole nitrogens is 1. The van der Waals surface area contributed by atoms with Gasteiger partial charge in [-0.2, -0.15) is 0 Å². The second-order valence-electron chi connectivity index (χ2n) is 4.95. The van der Waals surface area contributed by atoms with Gasteiger partial charge in [0.2, 0.25) is 0 Å². The van der Waals surface area contributed by atoms with Gasteiger partial charge < -0.3 is 15.4 Å². The SMILES string of the molecule is Cc1cc(C(=O)NC(C)c2nc(C(=O)O)c(C)s2)c(C)[nH]1. The second kappa shape index (κ2) is 5.69. The van der Waals surface area contributed by atoms with Crippen LogP contribution in [0.1, 0.15) is 55.1 Å². The molecule has 0 aliphatic carbocycles. The zero-order valence-electron chi connectivity index (χ0n) is 12.3. The van der Waals surface area contributed by atoms with Crippen LogP contribution >= 0.6 is 11.3 Å². The standard InChI is InChI=1S/C14H17N3O3S/c1-6-5-10(7(2)15-6)12(18)16-8(3)13-17-11(14(19)20)9(4)21-13/h5,8,15H,1-4H3,(H,16,18)(H,19,20). The van der Waals surface area contributed by atoms with Crippen LogP contribution in [0.3, 0.4) is 0 Å². The van der Waals surface area contributed by atoms with Crippen molar-refractivity contribution in [2.75, 3.05) is 0 Å². The van der Waals surface area contributed by atoms with Gasteiger partial charge in [0.25, 0.3) is 5.91 Å². The summed E-state index contributed by atoms with van der Waals surface area (Å²) in [5.74, 6) is -1.25. The molecule has 0 saturated heterocycles. The molecule has 0 bridgehead atoms. The maximum Gasteiger partial charge on any atom is 0.355 e. The normalized spacial score (nSPS) is 12.2. The molecule has 2 rings (SSSR count). The molecule has 7 heteroatoms. The van der Waals surface area contributed by atoms with Gasteiger partial charge in [-0.05, 0) is 33.8 Å². The van der Waals surface area contributed by atoms with Crippen LogP contribution in [0, 0.1) is 20.8 Å². The molecule has 0 fully saturated rings. The quantitative estimate of drug-likeness (QED) is 0.809. The number of aryl methyl sites for hydroxylation is 3. The third-order valence-electron chi connectivity index (χ3n) is 3.13. The van der Waals surface area contributed by atoms with Gasteiger partial charge >= 0.3 is 5.97 Å². The molecule has 0 spiro atoms. The molecule has 1 unspecified atom stereocenters. The topological polar surface area (TPSA) is 95.1 Å². The third-order valence-corrected chi connectivity index (χ3v) is 4.28. The third kappa shape index (κ3) is 3.13. The molecule has 21 heavy (non-hydrogen) atoms. The van der Waals surface area contributed by atoms with Gasteiger partial charge in [0.05, 0.1) is 11.6 Å². The van der Waals surface area contributed by atoms with Crippen LogP contribution in [-0.2, 0) is 0 Å². The number of carboxylic acids is 1. The molecule has 2 aromatic heterocycles. The number of aromatic nitrogens is 2. The first kappa shape index (κ1) is 15.2. The Balaban J connectivity index is 2.16. The molecule has 0 aliphatic rings. The molecule has 3 N–H and O–H groups in total. The molecule has 112 valence electrons. The molecule has 0 aliphatic heterocycles. The number of carbonyl (C=O) groups excluding carboxylic acids is 1. The largest absolute Gasteiger partial charge is 0.476 e. The number of nitrogens with one attached hydrogen (secondary N) is 2. The van der Waals surface area contributed by atoms with E-state index in [1.165, 1.54) is 11.3 Å². The van der Waals surface area contributed by atoms with Crippen molar-refractivity contribution in [3.05, 3.63) is 38.6 Å². The Bertz CT molecular complexity index is 702. The molecule has 1 atom stereocenters. The zero-order chi connectivity index (χ0) is 15.7. The summed E-state index contributed by atoms with van der Waals surface area (Å²) in [6, 6.07) is 1.44. The number of aromatic amines is 1. The summed E-state index contributed by atoms with van der Waals surface area (Å²) in [5.41, 5.74) is 2.36. The van der Waals surface area contributed by atoms with Gasteiger partial charge in [-0.3, -0.25) is 4.79 Å². The Hall–Kier alpha value is -2.15. The average molecular weight is 307 g/mol. The van der Waals surface area contributed by atoms with Crippen LogP contribution in [0.15, 0.2) is 6.07 Å². The van der Waals surface area contributed by atoms with E-state index in [9.17, 15) is 9.59 Å². The Labute approximate surface area is 126 Å². The van der Waals surface area contributed by atoms with Crippen LogP contribution in [0.2, 0.25) is 0 Å². The van der Waals surface area contributed by atoms with Gasteiger partial charge in [-0.1, -0.05) is 0 Å². The van der Waals surface area contributed by atoms with Crippen molar-refractivity contribution in [2.24, 2.45) is 0 Å². The maximum atomic E-state index is 12.2. The predicted molar refractivity (Wildman–Crippen MR) is 80.0 cm³/mol. The number of rotatable bonds is 4. The Morgan fingerprint density at radius 3 is 2.52 bits per heavy atom. The molecule has 2 aromatic rings. The first-order valence-electron chi connectivity index (χ1n) is 6.47. The van der Waals surface area contributed by atoms with E-state index in [1.54, 1.807) is 19.9 Å². The second-order valence-corrected chi connectivity index (χ2v) is 6.18. The fourth-order valence-corrected chi connectivity index (χ4v) is 3.01. The number of hydrogen-bond acceptors (Lipinski definition) is 4. The summed E-state index contributed by atoms with van der Waals surface area (Å²) < 4.78 is 0. The van der Waals surface area contributed by atoms with Crippen molar-refractivity contribution in [1.29, 1.82) is 0 Å². The lowest BCUT2D eigenvalue weighted by Gasteiger charge is -2.10. The highest BCUT2D eigenvalue weighted by Gasteiger charge is 2.20. The van der Waals surface area contributed by atoms with Crippen LogP contribution in [0.25, 0.3) is 0 Å². The van der Waals surface area contributed by atoms with E-state index < -0.39 is 5.97 Å². The summed E-state index contributed by atoms with van der Waals surface area (Å²) >= 11 is 1.28. The molecular weight excluding hydrogens is 290 g/mol. The van der Waals surface area contributed by atoms with Crippen molar-refractivity contribution >= 4 is 23.2 Å². The number of carbonyl (C=O) groups is 2. The number of aromatic carboxylic acids is 1. The smallest absolute Gasteiger partial charge is 0.355 e. The Morgan fingerprint density at radius 2 is 2.05 bits per heavy atom. The maximum absolute atomic E-state index is 12.2. The number of thiazole rings is 1. The molecule has 0 radical (unpaired) electrons. The van der Waals surface area contributed by atoms with E-state index in [0.29, 0.717) is 15.4 Å². The van der Waals surface area contributed by atoms with Crippen molar-refractivity contribution in [2.45, 2.75) is 33.7 Å². The number of carboxylic acid groups (broad SMARTS) is 1. The Kier molecular flexibility index (Phi) is 4.13. The van der Waals surface area contributed by atoms with Crippen molar-refractivity contribution in [1.82, 2.24) is 15.3 Å². The number of amides is 1. The van der Waals surface area contributed by atoms with E-state index >= 15 is 0 Å². The van der Waals surface area contributed by atoms with Crippen molar-refractivity contribution in [3.8, 4) is 0 Å². The van der Waals surface area contributed by atoms with Gasteiger partial charge in [0.1, 0.15) is 5.01 Å². The van der Waals surface area contributed by atoms with Gasteiger partial charge in [0, 0.05) is 16.3 Å². The highest BCUT2D eigenvalue weighted by atomic mass is 32.1. The monoisotopic (exact) mass is 307 g/mol. The zero-order valence-corrected chi connectivity index (χ0v) is 13.1. The number of nitrogens with zero attached hydrogens (tertiary/aromatic N) is 1. The average Bonchev–Trinajstić information content (AvgIpc) is 2.92. The molecular formula is C14H17N3O3S. The van der Waals surface area contributed by atoms with Crippen LogP contribution < -0.4 is 5.32 Å². The highest BCUT2D eigenvalue weighted by Crippen LogP contribution is 2.23. The first-order valence-corrected chi connectivity index (χ1v) is 7.29. The van der Waals surface area contributed by atoms with Crippen LogP contribution in [-0.4, -0.2) is 27.0 Å². The summed E-state index contributed by atoms with van der Waals surface area (Å²) in [6.45, 7) is 7.22. The minimum atomic E-state index is -1.05. The molecule has 0 aromatic carbocycles. The van der Waals surface area contributed by atoms with Crippen molar-refractivity contribution in [3.63, 3.8) is 0 Å². The van der Waals surface area contributed by atoms with Gasteiger partial charge in [0.15, 0.2) is 5.69 Å². The van der Waals surface area contributed by atoms with Gasteiger partial charge in [-0.15, -0.1) is 11.3 Å². The lowest BCUT2D eigenvalue weighted by molar-refractivity contribution is 0.0690. The van der Waals surface area contributed by atoms with E-state index in [4.69, 9.17) is 5.11 Å². The fraction of sp³-hybridized carbons (Fsp3) is 0.357. The number of hydrogen-bond donors (Lipinski definition) is 3. The lowest BCUT2D eigenvalue weighted by Crippen LogP contribution is -2.26. The van der Waals surface area contributed by atoms with E-state index in [2.05, 4.69) is 15.3 Å². The van der Waals surface area contributed by atoms with Crippen molar-refractivity contribution < 1.29 is 14.7 Å². The lowest BCUT2D eigenvalue weighted by atomic mass is 10.2. The molecule has 6 nitrogen and oxygen atoms in total. The summed E-state index contributed by atoms with van der Waals surface area (Å²) in [4.78, 5) is 31.0. The van der Waals surface area contributed by atoms with Crippen LogP contribution in [0.5, 0.6) is 0 Å². The molecule has 2 heterocycles. The Morgan fingerprint density at radius 1 is 1.38 bits per heavy atom. The van der Waals surface area contributed by atoms with E-state index in [0.717, 1.165) is 11.4 Å². The van der Waals surface area contributed by atoms with E-state index in [1.807, 2.05) is 13.8 Å². The van der Waals surface area contributed by atoms with Gasteiger partial charge in [-0.25, -0.2) is 9.78 Å². The highest BCUT2D eigenvalue weighted by molar-refractivity contribution is 7.11.